The molecule has 6 nitrogen and oxygen atoms in total. The van der Waals surface area contributed by atoms with Gasteiger partial charge in [-0.05, 0) is 19.1 Å². The summed E-state index contributed by atoms with van der Waals surface area (Å²) in [6.07, 6.45) is 0. The van der Waals surface area contributed by atoms with Crippen molar-refractivity contribution in [3.63, 3.8) is 0 Å². The summed E-state index contributed by atoms with van der Waals surface area (Å²) in [6.45, 7) is 1.75. The van der Waals surface area contributed by atoms with E-state index < -0.39 is 11.9 Å². The molecule has 90 valence electrons. The third-order valence-corrected chi connectivity index (χ3v) is 1.89. The molecule has 0 aliphatic heterocycles. The predicted octanol–water partition coefficient (Wildman–Crippen LogP) is 0.472. The number of ether oxygens (including phenoxy) is 1. The van der Waals surface area contributed by atoms with Crippen LogP contribution in [0, 0.1) is 5.41 Å². The monoisotopic (exact) mass is 235 g/mol. The fourth-order valence-electron chi connectivity index (χ4n) is 1.14. The van der Waals surface area contributed by atoms with E-state index in [1.165, 1.54) is 6.07 Å². The number of nitrogen functional groups attached to an aromatic ring is 1. The number of carbonyl (C=O) groups excluding carboxylic acids is 2. The Balaban J connectivity index is 2.75. The zero-order valence-electron chi connectivity index (χ0n) is 9.32. The van der Waals surface area contributed by atoms with Crippen LogP contribution in [0.25, 0.3) is 0 Å². The lowest BCUT2D eigenvalue weighted by atomic mass is 10.2. The molecule has 1 amide bonds. The molecule has 0 heterocycles. The Morgan fingerprint density at radius 1 is 1.47 bits per heavy atom. The molecule has 1 aromatic carbocycles. The molecular weight excluding hydrogens is 222 g/mol. The summed E-state index contributed by atoms with van der Waals surface area (Å²) >= 11 is 0. The van der Waals surface area contributed by atoms with Crippen molar-refractivity contribution in [2.24, 2.45) is 5.73 Å². The van der Waals surface area contributed by atoms with Gasteiger partial charge in [0.05, 0.1) is 6.61 Å². The standard InChI is InChI=1S/C11H13N3O3/c1-2-17-11(16)10(15)14-8-5-3-4-7(6-8)9(12)13/h3-6H,2H2,1H3,(H3,12,13)(H,14,15). The van der Waals surface area contributed by atoms with Crippen LogP contribution in [0.1, 0.15) is 12.5 Å². The Hall–Kier alpha value is -2.37. The molecule has 0 unspecified atom stereocenters. The third kappa shape index (κ3) is 3.60. The fraction of sp³-hybridized carbons (Fsp3) is 0.182. The number of hydrogen-bond donors (Lipinski definition) is 3. The lowest BCUT2D eigenvalue weighted by Gasteiger charge is -2.06. The quantitative estimate of drug-likeness (QED) is 0.306. The van der Waals surface area contributed by atoms with Gasteiger partial charge in [0.15, 0.2) is 0 Å². The average Bonchev–Trinajstić information content (AvgIpc) is 2.29. The fourth-order valence-corrected chi connectivity index (χ4v) is 1.14. The van der Waals surface area contributed by atoms with Crippen LogP contribution in [-0.2, 0) is 14.3 Å². The molecule has 0 bridgehead atoms. The van der Waals surface area contributed by atoms with Crippen molar-refractivity contribution >= 4 is 23.4 Å². The first-order valence-corrected chi connectivity index (χ1v) is 4.97. The molecule has 17 heavy (non-hydrogen) atoms. The zero-order chi connectivity index (χ0) is 12.8. The smallest absolute Gasteiger partial charge is 0.397 e. The summed E-state index contributed by atoms with van der Waals surface area (Å²) in [5.74, 6) is -1.91. The normalized spacial score (nSPS) is 9.47. The number of rotatable bonds is 3. The molecule has 0 fully saturated rings. The van der Waals surface area contributed by atoms with Gasteiger partial charge in [-0.25, -0.2) is 4.79 Å². The van der Waals surface area contributed by atoms with Gasteiger partial charge in [0.2, 0.25) is 0 Å². The minimum absolute atomic E-state index is 0.114. The molecule has 4 N–H and O–H groups in total. The summed E-state index contributed by atoms with van der Waals surface area (Å²) in [7, 11) is 0. The Kier molecular flexibility index (Phi) is 4.21. The van der Waals surface area contributed by atoms with Crippen molar-refractivity contribution in [2.45, 2.75) is 6.92 Å². The molecule has 1 aromatic rings. The number of hydrogen-bond acceptors (Lipinski definition) is 4. The Labute approximate surface area is 98.3 Å². The molecule has 0 aliphatic carbocycles. The van der Waals surface area contributed by atoms with Crippen LogP contribution in [0.2, 0.25) is 0 Å². The topological polar surface area (TPSA) is 105 Å². The van der Waals surface area contributed by atoms with Crippen molar-refractivity contribution in [3.05, 3.63) is 29.8 Å². The van der Waals surface area contributed by atoms with Gasteiger partial charge >= 0.3 is 11.9 Å². The summed E-state index contributed by atoms with van der Waals surface area (Å²) in [5, 5.41) is 9.59. The lowest BCUT2D eigenvalue weighted by molar-refractivity contribution is -0.152. The first kappa shape index (κ1) is 12.7. The van der Waals surface area contributed by atoms with Crippen molar-refractivity contribution in [1.82, 2.24) is 0 Å². The minimum Gasteiger partial charge on any atom is -0.459 e. The maximum absolute atomic E-state index is 11.3. The number of amides is 1. The molecular formula is C11H13N3O3. The number of benzene rings is 1. The second kappa shape index (κ2) is 5.64. The Bertz CT molecular complexity index is 457. The predicted molar refractivity (Wildman–Crippen MR) is 62.7 cm³/mol. The third-order valence-electron chi connectivity index (χ3n) is 1.89. The van der Waals surface area contributed by atoms with Crippen molar-refractivity contribution in [3.8, 4) is 0 Å². The van der Waals surface area contributed by atoms with Gasteiger partial charge in [-0.1, -0.05) is 12.1 Å². The van der Waals surface area contributed by atoms with Crippen LogP contribution >= 0.6 is 0 Å². The highest BCUT2D eigenvalue weighted by Crippen LogP contribution is 2.10. The molecule has 0 aliphatic rings. The van der Waals surface area contributed by atoms with Crippen LogP contribution < -0.4 is 11.1 Å². The first-order chi connectivity index (χ1) is 8.04. The van der Waals surface area contributed by atoms with Gasteiger partial charge in [-0.15, -0.1) is 0 Å². The van der Waals surface area contributed by atoms with Gasteiger partial charge in [-0.3, -0.25) is 10.2 Å². The van der Waals surface area contributed by atoms with Crippen LogP contribution in [0.4, 0.5) is 5.69 Å². The first-order valence-electron chi connectivity index (χ1n) is 4.97. The molecule has 0 atom stereocenters. The SMILES string of the molecule is CCOC(=O)C(=O)Nc1cccc(C(=N)N)c1. The summed E-state index contributed by atoms with van der Waals surface area (Å²) in [4.78, 5) is 22.4. The summed E-state index contributed by atoms with van der Waals surface area (Å²) in [5.41, 5.74) is 6.15. The van der Waals surface area contributed by atoms with Gasteiger partial charge in [-0.2, -0.15) is 0 Å². The van der Waals surface area contributed by atoms with Gasteiger partial charge in [0.25, 0.3) is 0 Å². The number of esters is 1. The van der Waals surface area contributed by atoms with E-state index in [9.17, 15) is 9.59 Å². The molecule has 1 rings (SSSR count). The van der Waals surface area contributed by atoms with E-state index in [0.717, 1.165) is 0 Å². The van der Waals surface area contributed by atoms with Gasteiger partial charge in [0.1, 0.15) is 5.84 Å². The van der Waals surface area contributed by atoms with Crippen LogP contribution in [0.3, 0.4) is 0 Å². The molecule has 0 saturated carbocycles. The highest BCUT2D eigenvalue weighted by Gasteiger charge is 2.14. The Morgan fingerprint density at radius 3 is 2.76 bits per heavy atom. The van der Waals surface area contributed by atoms with E-state index in [1.54, 1.807) is 25.1 Å². The number of amidine groups is 1. The van der Waals surface area contributed by atoms with Crippen molar-refractivity contribution in [1.29, 1.82) is 5.41 Å². The summed E-state index contributed by atoms with van der Waals surface area (Å²) in [6, 6.07) is 6.34. The lowest BCUT2D eigenvalue weighted by Crippen LogP contribution is -2.25. The van der Waals surface area contributed by atoms with Crippen molar-refractivity contribution in [2.75, 3.05) is 11.9 Å². The van der Waals surface area contributed by atoms with Crippen LogP contribution in [-0.4, -0.2) is 24.3 Å². The molecule has 0 saturated heterocycles. The molecule has 0 radical (unpaired) electrons. The highest BCUT2D eigenvalue weighted by atomic mass is 16.5. The van der Waals surface area contributed by atoms with E-state index in [0.29, 0.717) is 11.3 Å². The van der Waals surface area contributed by atoms with E-state index in [1.807, 2.05) is 0 Å². The molecule has 0 aromatic heterocycles. The number of carbonyl (C=O) groups is 2. The maximum atomic E-state index is 11.3. The van der Waals surface area contributed by atoms with Crippen LogP contribution in [0.15, 0.2) is 24.3 Å². The van der Waals surface area contributed by atoms with E-state index >= 15 is 0 Å². The maximum Gasteiger partial charge on any atom is 0.397 e. The van der Waals surface area contributed by atoms with E-state index in [4.69, 9.17) is 11.1 Å². The number of nitrogens with one attached hydrogen (secondary N) is 2. The largest absolute Gasteiger partial charge is 0.459 e. The number of anilines is 1. The Morgan fingerprint density at radius 2 is 2.18 bits per heavy atom. The highest BCUT2D eigenvalue weighted by molar-refractivity contribution is 6.37. The van der Waals surface area contributed by atoms with Crippen LogP contribution in [0.5, 0.6) is 0 Å². The van der Waals surface area contributed by atoms with Gasteiger partial charge < -0.3 is 15.8 Å². The molecule has 6 heteroatoms. The van der Waals surface area contributed by atoms with Crippen molar-refractivity contribution < 1.29 is 14.3 Å². The second-order valence-electron chi connectivity index (χ2n) is 3.17. The second-order valence-corrected chi connectivity index (χ2v) is 3.17. The van der Waals surface area contributed by atoms with Gasteiger partial charge in [0, 0.05) is 11.3 Å². The number of nitrogens with two attached hydrogens (primary N) is 1. The minimum atomic E-state index is -0.944. The summed E-state index contributed by atoms with van der Waals surface area (Å²) < 4.78 is 4.54. The average molecular weight is 235 g/mol. The van der Waals surface area contributed by atoms with E-state index in [2.05, 4.69) is 10.1 Å². The zero-order valence-corrected chi connectivity index (χ0v) is 9.32. The van der Waals surface area contributed by atoms with E-state index in [-0.39, 0.29) is 12.4 Å². The molecule has 0 spiro atoms.